The standard InChI is InChI=1S/C17H17F3N4O/c1-10(2)24-15(17(18,19)20)13(9-22-24)16(25)21-8-12-7-11-5-3-4-6-14(11)23-12/h3-7,9-10,23H,8H2,1-2H3,(H,21,25). The number of fused-ring (bicyclic) bond motifs is 1. The van der Waals surface area contributed by atoms with Crippen LogP contribution < -0.4 is 5.32 Å². The van der Waals surface area contributed by atoms with Crippen molar-refractivity contribution in [2.24, 2.45) is 0 Å². The Kier molecular flexibility index (Phi) is 4.28. The van der Waals surface area contributed by atoms with Gasteiger partial charge < -0.3 is 10.3 Å². The van der Waals surface area contributed by atoms with Crippen molar-refractivity contribution in [1.29, 1.82) is 0 Å². The zero-order valence-electron chi connectivity index (χ0n) is 13.7. The predicted octanol–water partition coefficient (Wildman–Crippen LogP) is 3.89. The molecule has 8 heteroatoms. The number of para-hydroxylation sites is 1. The zero-order chi connectivity index (χ0) is 18.2. The van der Waals surface area contributed by atoms with Crippen LogP contribution in [-0.2, 0) is 12.7 Å². The maximum absolute atomic E-state index is 13.3. The number of hydrogen-bond donors (Lipinski definition) is 2. The number of rotatable bonds is 4. The Hall–Kier alpha value is -2.77. The first-order valence-electron chi connectivity index (χ1n) is 7.77. The molecule has 0 spiro atoms. The van der Waals surface area contributed by atoms with Crippen molar-refractivity contribution in [2.45, 2.75) is 32.6 Å². The summed E-state index contributed by atoms with van der Waals surface area (Å²) in [6, 6.07) is 8.89. The molecule has 3 rings (SSSR count). The highest BCUT2D eigenvalue weighted by molar-refractivity contribution is 5.95. The lowest BCUT2D eigenvalue weighted by atomic mass is 10.2. The van der Waals surface area contributed by atoms with Crippen molar-refractivity contribution in [2.75, 3.05) is 0 Å². The van der Waals surface area contributed by atoms with Gasteiger partial charge in [0.15, 0.2) is 5.69 Å². The topological polar surface area (TPSA) is 62.7 Å². The molecule has 3 aromatic rings. The second kappa shape index (κ2) is 6.27. The molecule has 25 heavy (non-hydrogen) atoms. The maximum atomic E-state index is 13.3. The van der Waals surface area contributed by atoms with E-state index in [2.05, 4.69) is 15.4 Å². The van der Waals surface area contributed by atoms with Gasteiger partial charge in [0.1, 0.15) is 0 Å². The lowest BCUT2D eigenvalue weighted by Gasteiger charge is -2.15. The molecule has 0 unspecified atom stereocenters. The van der Waals surface area contributed by atoms with Crippen molar-refractivity contribution in [3.63, 3.8) is 0 Å². The number of alkyl halides is 3. The van der Waals surface area contributed by atoms with Gasteiger partial charge in [0.05, 0.1) is 18.3 Å². The van der Waals surface area contributed by atoms with Crippen molar-refractivity contribution in [1.82, 2.24) is 20.1 Å². The average molecular weight is 350 g/mol. The molecule has 1 aromatic carbocycles. The van der Waals surface area contributed by atoms with Gasteiger partial charge in [0.25, 0.3) is 5.91 Å². The highest BCUT2D eigenvalue weighted by Crippen LogP contribution is 2.33. The van der Waals surface area contributed by atoms with Crippen molar-refractivity contribution < 1.29 is 18.0 Å². The van der Waals surface area contributed by atoms with E-state index in [1.807, 2.05) is 30.3 Å². The van der Waals surface area contributed by atoms with Gasteiger partial charge in [-0.2, -0.15) is 18.3 Å². The van der Waals surface area contributed by atoms with Crippen LogP contribution in [0.1, 0.15) is 41.6 Å². The Morgan fingerprint density at radius 2 is 2.04 bits per heavy atom. The van der Waals surface area contributed by atoms with E-state index in [9.17, 15) is 18.0 Å². The molecule has 0 saturated carbocycles. The van der Waals surface area contributed by atoms with Gasteiger partial charge in [0.2, 0.25) is 0 Å². The van der Waals surface area contributed by atoms with E-state index in [4.69, 9.17) is 0 Å². The highest BCUT2D eigenvalue weighted by atomic mass is 19.4. The Morgan fingerprint density at radius 3 is 2.68 bits per heavy atom. The third kappa shape index (κ3) is 3.38. The van der Waals surface area contributed by atoms with E-state index in [-0.39, 0.29) is 6.54 Å². The molecule has 132 valence electrons. The quantitative estimate of drug-likeness (QED) is 0.750. The third-order valence-electron chi connectivity index (χ3n) is 3.82. The summed E-state index contributed by atoms with van der Waals surface area (Å²) in [7, 11) is 0. The highest BCUT2D eigenvalue weighted by Gasteiger charge is 2.40. The minimum absolute atomic E-state index is 0.0949. The number of amides is 1. The minimum atomic E-state index is -4.66. The summed E-state index contributed by atoms with van der Waals surface area (Å²) in [4.78, 5) is 15.4. The third-order valence-corrected chi connectivity index (χ3v) is 3.82. The number of benzene rings is 1. The van der Waals surface area contributed by atoms with Crippen LogP contribution in [0.25, 0.3) is 10.9 Å². The van der Waals surface area contributed by atoms with Gasteiger partial charge in [0, 0.05) is 17.3 Å². The molecule has 0 aliphatic heterocycles. The molecule has 0 aliphatic carbocycles. The van der Waals surface area contributed by atoms with E-state index in [1.165, 1.54) is 0 Å². The second-order valence-electron chi connectivity index (χ2n) is 6.01. The Labute approximate surface area is 141 Å². The van der Waals surface area contributed by atoms with Crippen molar-refractivity contribution in [3.05, 3.63) is 53.5 Å². The van der Waals surface area contributed by atoms with Gasteiger partial charge in [-0.1, -0.05) is 18.2 Å². The van der Waals surface area contributed by atoms with Gasteiger partial charge >= 0.3 is 6.18 Å². The molecule has 1 amide bonds. The van der Waals surface area contributed by atoms with Crippen LogP contribution in [0.4, 0.5) is 13.2 Å². The molecule has 0 atom stereocenters. The number of carbonyl (C=O) groups excluding carboxylic acids is 1. The predicted molar refractivity (Wildman–Crippen MR) is 87.1 cm³/mol. The normalized spacial score (nSPS) is 12.1. The number of aromatic amines is 1. The van der Waals surface area contributed by atoms with Gasteiger partial charge in [-0.3, -0.25) is 9.48 Å². The van der Waals surface area contributed by atoms with E-state index >= 15 is 0 Å². The largest absolute Gasteiger partial charge is 0.433 e. The van der Waals surface area contributed by atoms with E-state index in [0.717, 1.165) is 21.8 Å². The van der Waals surface area contributed by atoms with Crippen molar-refractivity contribution >= 4 is 16.8 Å². The number of aromatic nitrogens is 3. The van der Waals surface area contributed by atoms with E-state index in [1.54, 1.807) is 13.8 Å². The summed E-state index contributed by atoms with van der Waals surface area (Å²) < 4.78 is 40.8. The summed E-state index contributed by atoms with van der Waals surface area (Å²) in [5, 5.41) is 7.21. The molecule has 0 fully saturated rings. The Balaban J connectivity index is 1.81. The monoisotopic (exact) mass is 350 g/mol. The van der Waals surface area contributed by atoms with Gasteiger partial charge in [-0.15, -0.1) is 0 Å². The summed E-state index contributed by atoms with van der Waals surface area (Å²) >= 11 is 0. The van der Waals surface area contributed by atoms with Crippen LogP contribution in [0.3, 0.4) is 0 Å². The number of carbonyl (C=O) groups is 1. The fourth-order valence-electron chi connectivity index (χ4n) is 2.70. The van der Waals surface area contributed by atoms with Gasteiger partial charge in [-0.05, 0) is 31.4 Å². The second-order valence-corrected chi connectivity index (χ2v) is 6.01. The molecule has 2 N–H and O–H groups in total. The lowest BCUT2D eigenvalue weighted by molar-refractivity contribution is -0.145. The smallest absolute Gasteiger partial charge is 0.357 e. The molecule has 5 nitrogen and oxygen atoms in total. The van der Waals surface area contributed by atoms with Crippen LogP contribution in [0, 0.1) is 0 Å². The fraction of sp³-hybridized carbons (Fsp3) is 0.294. The van der Waals surface area contributed by atoms with Crippen LogP contribution in [0.15, 0.2) is 36.5 Å². The summed E-state index contributed by atoms with van der Waals surface area (Å²) in [5.74, 6) is -0.808. The van der Waals surface area contributed by atoms with Crippen LogP contribution >= 0.6 is 0 Å². The van der Waals surface area contributed by atoms with Gasteiger partial charge in [-0.25, -0.2) is 0 Å². The van der Waals surface area contributed by atoms with E-state index < -0.39 is 29.4 Å². The molecule has 0 aliphatic rings. The summed E-state index contributed by atoms with van der Waals surface area (Å²) in [6.07, 6.45) is -3.70. The number of hydrogen-bond acceptors (Lipinski definition) is 2. The SMILES string of the molecule is CC(C)n1ncc(C(=O)NCc2cc3ccccc3[nH]2)c1C(F)(F)F. The van der Waals surface area contributed by atoms with Crippen LogP contribution in [0.2, 0.25) is 0 Å². The lowest BCUT2D eigenvalue weighted by Crippen LogP contribution is -2.27. The summed E-state index contributed by atoms with van der Waals surface area (Å²) in [5.41, 5.74) is 0.101. The molecular weight excluding hydrogens is 333 g/mol. The molecular formula is C17H17F3N4O. The van der Waals surface area contributed by atoms with E-state index in [0.29, 0.717) is 5.69 Å². The first kappa shape index (κ1) is 17.1. The molecule has 0 saturated heterocycles. The average Bonchev–Trinajstić information content (AvgIpc) is 3.15. The molecule has 2 aromatic heterocycles. The zero-order valence-corrected chi connectivity index (χ0v) is 13.7. The fourth-order valence-corrected chi connectivity index (χ4v) is 2.70. The molecule has 0 bridgehead atoms. The molecule has 0 radical (unpaired) electrons. The van der Waals surface area contributed by atoms with Crippen molar-refractivity contribution in [3.8, 4) is 0 Å². The maximum Gasteiger partial charge on any atom is 0.433 e. The number of H-pyrrole nitrogens is 1. The summed E-state index contributed by atoms with van der Waals surface area (Å²) in [6.45, 7) is 3.25. The van der Waals surface area contributed by atoms with Crippen LogP contribution in [-0.4, -0.2) is 20.7 Å². The Bertz CT molecular complexity index is 875. The number of nitrogens with one attached hydrogen (secondary N) is 2. The first-order chi connectivity index (χ1) is 11.8. The minimum Gasteiger partial charge on any atom is -0.357 e. The number of nitrogens with zero attached hydrogens (tertiary/aromatic N) is 2. The molecule has 2 heterocycles. The van der Waals surface area contributed by atoms with Crippen LogP contribution in [0.5, 0.6) is 0 Å². The number of halogens is 3. The first-order valence-corrected chi connectivity index (χ1v) is 7.77. The Morgan fingerprint density at radius 1 is 1.32 bits per heavy atom.